The van der Waals surface area contributed by atoms with E-state index in [-0.39, 0.29) is 11.6 Å². The van der Waals surface area contributed by atoms with Crippen molar-refractivity contribution in [3.05, 3.63) is 94.8 Å². The molecule has 0 unspecified atom stereocenters. The van der Waals surface area contributed by atoms with Crippen LogP contribution in [0.5, 0.6) is 5.75 Å². The lowest BCUT2D eigenvalue weighted by molar-refractivity contribution is -0.274. The molecular formula is C27H24F4O. The van der Waals surface area contributed by atoms with Gasteiger partial charge in [-0.25, -0.2) is 4.39 Å². The molecule has 5 heteroatoms. The van der Waals surface area contributed by atoms with Gasteiger partial charge in [0.1, 0.15) is 11.6 Å². The van der Waals surface area contributed by atoms with E-state index in [9.17, 15) is 13.2 Å². The van der Waals surface area contributed by atoms with Crippen LogP contribution < -0.4 is 4.74 Å². The summed E-state index contributed by atoms with van der Waals surface area (Å²) in [6, 6.07) is 17.5. The minimum Gasteiger partial charge on any atom is -0.406 e. The van der Waals surface area contributed by atoms with Gasteiger partial charge in [-0.15, -0.1) is 13.2 Å². The number of halogens is 4. The Labute approximate surface area is 185 Å². The molecule has 0 N–H and O–H groups in total. The largest absolute Gasteiger partial charge is 0.573 e. The number of alkyl halides is 3. The zero-order chi connectivity index (χ0) is 22.7. The highest BCUT2D eigenvalue weighted by Crippen LogP contribution is 2.35. The minimum atomic E-state index is -4.75. The van der Waals surface area contributed by atoms with Crippen LogP contribution in [-0.4, -0.2) is 6.36 Å². The zero-order valence-corrected chi connectivity index (χ0v) is 17.8. The summed E-state index contributed by atoms with van der Waals surface area (Å²) in [6.45, 7) is 2.18. The van der Waals surface area contributed by atoms with Crippen molar-refractivity contribution in [1.82, 2.24) is 0 Å². The third-order valence-corrected chi connectivity index (χ3v) is 5.82. The predicted molar refractivity (Wildman–Crippen MR) is 119 cm³/mol. The van der Waals surface area contributed by atoms with Gasteiger partial charge >= 0.3 is 6.36 Å². The molecule has 0 saturated carbocycles. The number of ether oxygens (including phenoxy) is 1. The van der Waals surface area contributed by atoms with Crippen LogP contribution in [0.15, 0.2) is 66.7 Å². The lowest BCUT2D eigenvalue weighted by Gasteiger charge is -2.20. The van der Waals surface area contributed by atoms with Gasteiger partial charge in [-0.1, -0.05) is 68.0 Å². The smallest absolute Gasteiger partial charge is 0.406 e. The molecule has 32 heavy (non-hydrogen) atoms. The fourth-order valence-electron chi connectivity index (χ4n) is 4.10. The van der Waals surface area contributed by atoms with E-state index in [0.29, 0.717) is 29.5 Å². The van der Waals surface area contributed by atoms with Crippen molar-refractivity contribution in [2.75, 3.05) is 0 Å². The van der Waals surface area contributed by atoms with Gasteiger partial charge in [0.2, 0.25) is 0 Å². The monoisotopic (exact) mass is 440 g/mol. The summed E-state index contributed by atoms with van der Waals surface area (Å²) in [6.07, 6.45) is 1.87. The van der Waals surface area contributed by atoms with Crippen LogP contribution >= 0.6 is 0 Å². The topological polar surface area (TPSA) is 9.23 Å². The number of aryl methyl sites for hydroxylation is 1. The second-order valence-corrected chi connectivity index (χ2v) is 8.05. The molecule has 0 radical (unpaired) electrons. The van der Waals surface area contributed by atoms with Crippen LogP contribution in [0.4, 0.5) is 17.6 Å². The summed E-state index contributed by atoms with van der Waals surface area (Å²) in [5.74, 6) is -0.648. The molecule has 0 atom stereocenters. The highest BCUT2D eigenvalue weighted by molar-refractivity contribution is 5.73. The average molecular weight is 440 g/mol. The Morgan fingerprint density at radius 3 is 2.22 bits per heavy atom. The van der Waals surface area contributed by atoms with Gasteiger partial charge in [0.05, 0.1) is 0 Å². The lowest BCUT2D eigenvalue weighted by Crippen LogP contribution is -2.16. The van der Waals surface area contributed by atoms with Gasteiger partial charge in [0.25, 0.3) is 0 Å². The molecular weight excluding hydrogens is 416 g/mol. The maximum absolute atomic E-state index is 15.3. The molecule has 0 amide bonds. The van der Waals surface area contributed by atoms with E-state index in [1.807, 2.05) is 6.07 Å². The molecule has 0 spiro atoms. The summed E-state index contributed by atoms with van der Waals surface area (Å²) < 4.78 is 56.2. The highest BCUT2D eigenvalue weighted by Gasteiger charge is 2.31. The van der Waals surface area contributed by atoms with Crippen molar-refractivity contribution in [1.29, 1.82) is 0 Å². The third kappa shape index (κ3) is 5.04. The molecule has 1 nitrogen and oxygen atoms in total. The summed E-state index contributed by atoms with van der Waals surface area (Å²) in [5.41, 5.74) is 6.13. The Morgan fingerprint density at radius 2 is 1.56 bits per heavy atom. The van der Waals surface area contributed by atoms with Crippen LogP contribution in [-0.2, 0) is 19.3 Å². The first kappa shape index (κ1) is 22.1. The van der Waals surface area contributed by atoms with E-state index in [2.05, 4.69) is 42.0 Å². The van der Waals surface area contributed by atoms with Crippen molar-refractivity contribution in [2.24, 2.45) is 0 Å². The molecule has 0 aromatic heterocycles. The Morgan fingerprint density at radius 1 is 0.875 bits per heavy atom. The fourth-order valence-corrected chi connectivity index (χ4v) is 4.10. The predicted octanol–water partition coefficient (Wildman–Crippen LogP) is 7.92. The standard InChI is InChI=1S/C27H24F4O/c1-2-3-4-18-5-7-19(8-6-18)21-11-15-25-22(17-21)12-16-24(26(25)28)20-9-13-23(14-10-20)32-27(29,30)31/h5-14,16H,2-4,15,17H2,1H3. The Bertz CT molecular complexity index is 1110. The summed E-state index contributed by atoms with van der Waals surface area (Å²) >= 11 is 0. The van der Waals surface area contributed by atoms with Crippen molar-refractivity contribution in [3.63, 3.8) is 0 Å². The molecule has 0 saturated heterocycles. The Kier molecular flexibility index (Phi) is 6.35. The van der Waals surface area contributed by atoms with Crippen LogP contribution in [0.3, 0.4) is 0 Å². The molecule has 1 aliphatic carbocycles. The zero-order valence-electron chi connectivity index (χ0n) is 17.8. The van der Waals surface area contributed by atoms with E-state index in [4.69, 9.17) is 0 Å². The van der Waals surface area contributed by atoms with Crippen LogP contribution in [0.25, 0.3) is 16.7 Å². The molecule has 4 rings (SSSR count). The molecule has 3 aromatic carbocycles. The van der Waals surface area contributed by atoms with Gasteiger partial charge in [-0.3, -0.25) is 0 Å². The molecule has 3 aromatic rings. The number of hydrogen-bond acceptors (Lipinski definition) is 1. The molecule has 166 valence electrons. The maximum Gasteiger partial charge on any atom is 0.573 e. The van der Waals surface area contributed by atoms with Crippen molar-refractivity contribution >= 4 is 5.57 Å². The van der Waals surface area contributed by atoms with E-state index >= 15 is 4.39 Å². The quantitative estimate of drug-likeness (QED) is 0.354. The Hall–Kier alpha value is -3.08. The molecule has 1 aliphatic rings. The SMILES string of the molecule is CCCCc1ccc(C2=CCc3c(ccc(-c4ccc(OC(F)(F)F)cc4)c3F)C2)cc1. The van der Waals surface area contributed by atoms with E-state index < -0.39 is 6.36 Å². The lowest BCUT2D eigenvalue weighted by atomic mass is 9.85. The number of hydrogen-bond donors (Lipinski definition) is 0. The average Bonchev–Trinajstić information content (AvgIpc) is 2.78. The first-order valence-electron chi connectivity index (χ1n) is 10.8. The number of fused-ring (bicyclic) bond motifs is 1. The second kappa shape index (κ2) is 9.19. The van der Waals surface area contributed by atoms with Gasteiger partial charge in [-0.2, -0.15) is 0 Å². The third-order valence-electron chi connectivity index (χ3n) is 5.82. The number of unbranched alkanes of at least 4 members (excludes halogenated alkanes) is 1. The van der Waals surface area contributed by atoms with Crippen molar-refractivity contribution in [2.45, 2.75) is 45.4 Å². The van der Waals surface area contributed by atoms with Crippen molar-refractivity contribution < 1.29 is 22.3 Å². The van der Waals surface area contributed by atoms with Gasteiger partial charge in [0.15, 0.2) is 0 Å². The van der Waals surface area contributed by atoms with Gasteiger partial charge in [-0.05, 0) is 71.2 Å². The summed E-state index contributed by atoms with van der Waals surface area (Å²) in [5, 5.41) is 0. The maximum atomic E-state index is 15.3. The van der Waals surface area contributed by atoms with Crippen molar-refractivity contribution in [3.8, 4) is 16.9 Å². The van der Waals surface area contributed by atoms with E-state index in [0.717, 1.165) is 17.5 Å². The molecule has 0 bridgehead atoms. The van der Waals surface area contributed by atoms with Gasteiger partial charge < -0.3 is 4.74 Å². The van der Waals surface area contributed by atoms with Gasteiger partial charge in [0, 0.05) is 5.56 Å². The van der Waals surface area contributed by atoms with Crippen LogP contribution in [0.1, 0.15) is 42.0 Å². The van der Waals surface area contributed by atoms with Crippen LogP contribution in [0, 0.1) is 5.82 Å². The Balaban J connectivity index is 1.52. The van der Waals surface area contributed by atoms with E-state index in [1.54, 1.807) is 6.07 Å². The number of rotatable bonds is 6. The molecule has 0 fully saturated rings. The molecule has 0 aliphatic heterocycles. The fraction of sp³-hybridized carbons (Fsp3) is 0.259. The minimum absolute atomic E-state index is 0.322. The highest BCUT2D eigenvalue weighted by atomic mass is 19.4. The molecule has 0 heterocycles. The first-order chi connectivity index (χ1) is 15.3. The summed E-state index contributed by atoms with van der Waals surface area (Å²) in [7, 11) is 0. The normalized spacial score (nSPS) is 13.5. The second-order valence-electron chi connectivity index (χ2n) is 8.05. The number of benzene rings is 3. The van der Waals surface area contributed by atoms with E-state index in [1.165, 1.54) is 48.2 Å². The summed E-state index contributed by atoms with van der Waals surface area (Å²) in [4.78, 5) is 0. The van der Waals surface area contributed by atoms with Crippen LogP contribution in [0.2, 0.25) is 0 Å². The number of allylic oxidation sites excluding steroid dienone is 2. The first-order valence-corrected chi connectivity index (χ1v) is 10.8.